The minimum Gasteiger partial charge on any atom is -0.419 e. The minimum absolute atomic E-state index is 0.189. The Morgan fingerprint density at radius 3 is 3.09 bits per heavy atom. The van der Waals surface area contributed by atoms with Gasteiger partial charge in [0.2, 0.25) is 11.8 Å². The molecule has 4 nitrogen and oxygen atoms in total. The summed E-state index contributed by atoms with van der Waals surface area (Å²) in [6.45, 7) is 1.88. The fourth-order valence-electron chi connectivity index (χ4n) is 3.04. The largest absolute Gasteiger partial charge is 0.419 e. The monoisotopic (exact) mass is 345 g/mol. The number of hydrogen-bond donors (Lipinski definition) is 0. The number of likely N-dealkylation sites (tertiary alicyclic amines) is 1. The summed E-state index contributed by atoms with van der Waals surface area (Å²) in [5, 5.41) is 13.3. The van der Waals surface area contributed by atoms with Crippen molar-refractivity contribution in [3.05, 3.63) is 57.6 Å². The Hall–Kier alpha value is -1.69. The van der Waals surface area contributed by atoms with Gasteiger partial charge in [-0.05, 0) is 48.5 Å². The normalized spacial score (nSPS) is 18.6. The van der Waals surface area contributed by atoms with Gasteiger partial charge in [0.1, 0.15) is 0 Å². The SMILES string of the molecule is Clc1cccc(CN2CCC[C@H]2c2nnc(-c3ccsc3)o2)c1. The van der Waals surface area contributed by atoms with Gasteiger partial charge in [-0.2, -0.15) is 11.3 Å². The molecule has 1 fully saturated rings. The zero-order valence-corrected chi connectivity index (χ0v) is 14.1. The molecule has 0 unspecified atom stereocenters. The second-order valence-electron chi connectivity index (χ2n) is 5.72. The first-order valence-corrected chi connectivity index (χ1v) is 8.96. The minimum atomic E-state index is 0.189. The average molecular weight is 346 g/mol. The molecular formula is C17H16ClN3OS. The fourth-order valence-corrected chi connectivity index (χ4v) is 3.88. The molecule has 4 rings (SSSR count). The third-order valence-corrected chi connectivity index (χ3v) is 5.05. The highest BCUT2D eigenvalue weighted by molar-refractivity contribution is 7.08. The third-order valence-electron chi connectivity index (χ3n) is 4.13. The second-order valence-corrected chi connectivity index (χ2v) is 6.93. The number of hydrogen-bond acceptors (Lipinski definition) is 5. The first-order chi connectivity index (χ1) is 11.3. The van der Waals surface area contributed by atoms with Crippen molar-refractivity contribution in [1.29, 1.82) is 0 Å². The maximum atomic E-state index is 6.09. The molecule has 1 saturated heterocycles. The van der Waals surface area contributed by atoms with E-state index in [-0.39, 0.29) is 6.04 Å². The molecule has 2 aromatic heterocycles. The van der Waals surface area contributed by atoms with Crippen LogP contribution in [0.1, 0.15) is 30.3 Å². The lowest BCUT2D eigenvalue weighted by Gasteiger charge is -2.21. The van der Waals surface area contributed by atoms with Crippen LogP contribution in [0.25, 0.3) is 11.5 Å². The molecule has 23 heavy (non-hydrogen) atoms. The van der Waals surface area contributed by atoms with E-state index in [0.717, 1.165) is 36.5 Å². The zero-order chi connectivity index (χ0) is 15.6. The van der Waals surface area contributed by atoms with Crippen molar-refractivity contribution in [3.63, 3.8) is 0 Å². The number of halogens is 1. The van der Waals surface area contributed by atoms with E-state index >= 15 is 0 Å². The molecule has 1 aromatic carbocycles. The molecule has 118 valence electrons. The van der Waals surface area contributed by atoms with E-state index in [9.17, 15) is 0 Å². The van der Waals surface area contributed by atoms with E-state index in [1.807, 2.05) is 35.0 Å². The smallest absolute Gasteiger partial charge is 0.248 e. The zero-order valence-electron chi connectivity index (χ0n) is 12.5. The molecule has 0 N–H and O–H groups in total. The molecule has 6 heteroatoms. The molecule has 3 aromatic rings. The lowest BCUT2D eigenvalue weighted by Crippen LogP contribution is -2.23. The van der Waals surface area contributed by atoms with Crippen molar-refractivity contribution in [2.75, 3.05) is 6.54 Å². The number of rotatable bonds is 4. The van der Waals surface area contributed by atoms with E-state index in [0.29, 0.717) is 11.8 Å². The predicted octanol–water partition coefficient (Wildman–Crippen LogP) is 4.79. The van der Waals surface area contributed by atoms with Crippen LogP contribution in [0.5, 0.6) is 0 Å². The van der Waals surface area contributed by atoms with Crippen molar-refractivity contribution < 1.29 is 4.42 Å². The lowest BCUT2D eigenvalue weighted by atomic mass is 10.2. The van der Waals surface area contributed by atoms with E-state index in [4.69, 9.17) is 16.0 Å². The maximum Gasteiger partial charge on any atom is 0.248 e. The van der Waals surface area contributed by atoms with Crippen molar-refractivity contribution in [2.24, 2.45) is 0 Å². The Bertz CT molecular complexity index is 787. The molecular weight excluding hydrogens is 330 g/mol. The highest BCUT2D eigenvalue weighted by atomic mass is 35.5. The summed E-state index contributed by atoms with van der Waals surface area (Å²) in [7, 11) is 0. The molecule has 0 amide bonds. The highest BCUT2D eigenvalue weighted by Crippen LogP contribution is 2.34. The number of aromatic nitrogens is 2. The van der Waals surface area contributed by atoms with Gasteiger partial charge in [0.25, 0.3) is 0 Å². The Balaban J connectivity index is 1.54. The van der Waals surface area contributed by atoms with Crippen molar-refractivity contribution in [2.45, 2.75) is 25.4 Å². The van der Waals surface area contributed by atoms with Crippen LogP contribution < -0.4 is 0 Å². The first kappa shape index (κ1) is 14.9. The van der Waals surface area contributed by atoms with E-state index < -0.39 is 0 Å². The number of benzene rings is 1. The van der Waals surface area contributed by atoms with Crippen LogP contribution in [0.2, 0.25) is 5.02 Å². The molecule has 0 saturated carbocycles. The average Bonchev–Trinajstić information content (AvgIpc) is 3.28. The molecule has 0 spiro atoms. The number of nitrogens with zero attached hydrogens (tertiary/aromatic N) is 3. The van der Waals surface area contributed by atoms with Gasteiger partial charge < -0.3 is 4.42 Å². The molecule has 3 heterocycles. The summed E-state index contributed by atoms with van der Waals surface area (Å²) in [5.41, 5.74) is 2.20. The van der Waals surface area contributed by atoms with Gasteiger partial charge in [-0.25, -0.2) is 0 Å². The van der Waals surface area contributed by atoms with Crippen molar-refractivity contribution in [3.8, 4) is 11.5 Å². The summed E-state index contributed by atoms with van der Waals surface area (Å²) in [6, 6.07) is 10.2. The molecule has 0 radical (unpaired) electrons. The van der Waals surface area contributed by atoms with Crippen LogP contribution >= 0.6 is 22.9 Å². The van der Waals surface area contributed by atoms with Crippen LogP contribution in [0, 0.1) is 0 Å². The first-order valence-electron chi connectivity index (χ1n) is 7.64. The van der Waals surface area contributed by atoms with Crippen LogP contribution in [-0.2, 0) is 6.54 Å². The van der Waals surface area contributed by atoms with Crippen molar-refractivity contribution in [1.82, 2.24) is 15.1 Å². The summed E-state index contributed by atoms with van der Waals surface area (Å²) in [5.74, 6) is 1.32. The molecule has 0 bridgehead atoms. The highest BCUT2D eigenvalue weighted by Gasteiger charge is 2.30. The Labute approximate surface area is 143 Å². The van der Waals surface area contributed by atoms with Crippen LogP contribution in [-0.4, -0.2) is 21.6 Å². The molecule has 1 aliphatic heterocycles. The molecule has 1 aliphatic rings. The van der Waals surface area contributed by atoms with Gasteiger partial charge in [-0.3, -0.25) is 4.90 Å². The van der Waals surface area contributed by atoms with Gasteiger partial charge >= 0.3 is 0 Å². The molecule has 1 atom stereocenters. The maximum absolute atomic E-state index is 6.09. The second kappa shape index (κ2) is 6.43. The summed E-state index contributed by atoms with van der Waals surface area (Å²) >= 11 is 7.71. The topological polar surface area (TPSA) is 42.2 Å². The third kappa shape index (κ3) is 3.17. The van der Waals surface area contributed by atoms with Gasteiger partial charge in [0.15, 0.2) is 0 Å². The van der Waals surface area contributed by atoms with Crippen LogP contribution in [0.4, 0.5) is 0 Å². The van der Waals surface area contributed by atoms with Crippen LogP contribution in [0.3, 0.4) is 0 Å². The standard InChI is InChI=1S/C17H16ClN3OS/c18-14-4-1-3-12(9-14)10-21-7-2-5-15(21)17-20-19-16(22-17)13-6-8-23-11-13/h1,3-4,6,8-9,11,15H,2,5,7,10H2/t15-/m0/s1. The Morgan fingerprint density at radius 2 is 2.26 bits per heavy atom. The summed E-state index contributed by atoms with van der Waals surface area (Å²) in [6.07, 6.45) is 2.19. The van der Waals surface area contributed by atoms with Gasteiger partial charge in [-0.1, -0.05) is 23.7 Å². The number of thiophene rings is 1. The van der Waals surface area contributed by atoms with Gasteiger partial charge in [-0.15, -0.1) is 10.2 Å². The summed E-state index contributed by atoms with van der Waals surface area (Å²) < 4.78 is 5.92. The Morgan fingerprint density at radius 1 is 1.30 bits per heavy atom. The van der Waals surface area contributed by atoms with Gasteiger partial charge in [0.05, 0.1) is 6.04 Å². The van der Waals surface area contributed by atoms with E-state index in [1.54, 1.807) is 11.3 Å². The van der Waals surface area contributed by atoms with Crippen molar-refractivity contribution >= 4 is 22.9 Å². The van der Waals surface area contributed by atoms with E-state index in [2.05, 4.69) is 21.2 Å². The Kier molecular flexibility index (Phi) is 4.16. The fraction of sp³-hybridized carbons (Fsp3) is 0.294. The quantitative estimate of drug-likeness (QED) is 0.681. The van der Waals surface area contributed by atoms with Crippen LogP contribution in [0.15, 0.2) is 45.5 Å². The van der Waals surface area contributed by atoms with E-state index in [1.165, 1.54) is 5.56 Å². The van der Waals surface area contributed by atoms with Gasteiger partial charge in [0, 0.05) is 22.5 Å². The molecule has 0 aliphatic carbocycles. The predicted molar refractivity (Wildman–Crippen MR) is 91.4 cm³/mol. The summed E-state index contributed by atoms with van der Waals surface area (Å²) in [4.78, 5) is 2.39. The lowest BCUT2D eigenvalue weighted by molar-refractivity contribution is 0.215.